The first-order valence-electron chi connectivity index (χ1n) is 10.3. The third-order valence-electron chi connectivity index (χ3n) is 4.70. The van der Waals surface area contributed by atoms with Crippen LogP contribution in [-0.2, 0) is 4.74 Å². The Morgan fingerprint density at radius 3 is 2.71 bits per heavy atom. The van der Waals surface area contributed by atoms with Gasteiger partial charge in [0.1, 0.15) is 23.5 Å². The number of para-hydroxylation sites is 1. The molecule has 0 spiro atoms. The van der Waals surface area contributed by atoms with E-state index in [1.165, 1.54) is 6.33 Å². The van der Waals surface area contributed by atoms with Gasteiger partial charge >= 0.3 is 12.1 Å². The zero-order valence-electron chi connectivity index (χ0n) is 18.3. The molecule has 1 aliphatic rings. The molecule has 31 heavy (non-hydrogen) atoms. The summed E-state index contributed by atoms with van der Waals surface area (Å²) >= 11 is 0. The number of urea groups is 1. The van der Waals surface area contributed by atoms with E-state index in [9.17, 15) is 9.59 Å². The molecule has 2 aromatic rings. The van der Waals surface area contributed by atoms with Gasteiger partial charge in [0.2, 0.25) is 0 Å². The molecule has 3 amide bonds. The Morgan fingerprint density at radius 1 is 1.19 bits per heavy atom. The van der Waals surface area contributed by atoms with Gasteiger partial charge in [0.25, 0.3) is 0 Å². The number of carbonyl (C=O) groups excluding carboxylic acids is 2. The normalized spacial score (nSPS) is 16.4. The SMILES string of the molecule is COc1ccccc1-c1cc(NC(=O)NC2CCCN(C(=O)OC(C)(C)C)C2)ncn1. The molecule has 1 saturated heterocycles. The number of methoxy groups -OCH3 is 1. The quantitative estimate of drug-likeness (QED) is 0.771. The molecule has 1 aromatic carbocycles. The van der Waals surface area contributed by atoms with Gasteiger partial charge in [0, 0.05) is 30.8 Å². The number of nitrogens with one attached hydrogen (secondary N) is 2. The summed E-state index contributed by atoms with van der Waals surface area (Å²) in [4.78, 5) is 34.9. The second kappa shape index (κ2) is 9.63. The van der Waals surface area contributed by atoms with Gasteiger partial charge in [-0.05, 0) is 45.7 Å². The zero-order valence-corrected chi connectivity index (χ0v) is 18.3. The molecule has 1 aromatic heterocycles. The summed E-state index contributed by atoms with van der Waals surface area (Å²) in [6.45, 7) is 6.51. The van der Waals surface area contributed by atoms with Crippen LogP contribution in [0.3, 0.4) is 0 Å². The number of piperidine rings is 1. The van der Waals surface area contributed by atoms with E-state index in [1.54, 1.807) is 18.1 Å². The number of carbonyl (C=O) groups is 2. The van der Waals surface area contributed by atoms with Crippen LogP contribution in [0.25, 0.3) is 11.3 Å². The molecule has 0 radical (unpaired) electrons. The van der Waals surface area contributed by atoms with Crippen molar-refractivity contribution >= 4 is 17.9 Å². The number of aromatic nitrogens is 2. The average Bonchev–Trinajstić information content (AvgIpc) is 2.73. The van der Waals surface area contributed by atoms with Gasteiger partial charge in [-0.2, -0.15) is 0 Å². The number of likely N-dealkylation sites (tertiary alicyclic amines) is 1. The first kappa shape index (κ1) is 22.3. The average molecular weight is 428 g/mol. The first-order chi connectivity index (χ1) is 14.7. The number of anilines is 1. The van der Waals surface area contributed by atoms with Crippen molar-refractivity contribution in [1.29, 1.82) is 0 Å². The third-order valence-corrected chi connectivity index (χ3v) is 4.70. The van der Waals surface area contributed by atoms with Crippen LogP contribution in [0.15, 0.2) is 36.7 Å². The van der Waals surface area contributed by atoms with Crippen LogP contribution < -0.4 is 15.4 Å². The predicted octanol–water partition coefficient (Wildman–Crippen LogP) is 3.67. The number of nitrogens with zero attached hydrogens (tertiary/aromatic N) is 3. The van der Waals surface area contributed by atoms with Crippen molar-refractivity contribution in [3.63, 3.8) is 0 Å². The van der Waals surface area contributed by atoms with Crippen molar-refractivity contribution < 1.29 is 19.1 Å². The predicted molar refractivity (Wildman–Crippen MR) is 117 cm³/mol. The van der Waals surface area contributed by atoms with Crippen LogP contribution in [0.1, 0.15) is 33.6 Å². The molecule has 166 valence electrons. The smallest absolute Gasteiger partial charge is 0.410 e. The minimum absolute atomic E-state index is 0.170. The lowest BCUT2D eigenvalue weighted by Gasteiger charge is -2.34. The zero-order chi connectivity index (χ0) is 22.4. The van der Waals surface area contributed by atoms with E-state index >= 15 is 0 Å². The van der Waals surface area contributed by atoms with Crippen molar-refractivity contribution in [3.8, 4) is 17.0 Å². The second-order valence-corrected chi connectivity index (χ2v) is 8.35. The Balaban J connectivity index is 1.60. The van der Waals surface area contributed by atoms with Gasteiger partial charge in [-0.1, -0.05) is 12.1 Å². The molecule has 0 saturated carbocycles. The highest BCUT2D eigenvalue weighted by molar-refractivity contribution is 5.89. The van der Waals surface area contributed by atoms with Crippen LogP contribution in [-0.4, -0.2) is 58.8 Å². The van der Waals surface area contributed by atoms with Crippen molar-refractivity contribution in [3.05, 3.63) is 36.7 Å². The van der Waals surface area contributed by atoms with E-state index in [4.69, 9.17) is 9.47 Å². The van der Waals surface area contributed by atoms with Crippen molar-refractivity contribution in [2.75, 3.05) is 25.5 Å². The molecule has 2 N–H and O–H groups in total. The number of ether oxygens (including phenoxy) is 2. The summed E-state index contributed by atoms with van der Waals surface area (Å²) < 4.78 is 10.8. The molecule has 9 heteroatoms. The summed E-state index contributed by atoms with van der Waals surface area (Å²) in [5, 5.41) is 5.65. The Labute approximate surface area is 182 Å². The Morgan fingerprint density at radius 2 is 1.97 bits per heavy atom. The fraction of sp³-hybridized carbons (Fsp3) is 0.455. The summed E-state index contributed by atoms with van der Waals surface area (Å²) in [6, 6.07) is 8.62. The number of rotatable bonds is 4. The van der Waals surface area contributed by atoms with E-state index in [0.717, 1.165) is 18.4 Å². The Bertz CT molecular complexity index is 928. The maximum Gasteiger partial charge on any atom is 0.410 e. The second-order valence-electron chi connectivity index (χ2n) is 8.35. The summed E-state index contributed by atoms with van der Waals surface area (Å²) in [5.41, 5.74) is 0.883. The lowest BCUT2D eigenvalue weighted by atomic mass is 10.1. The topological polar surface area (TPSA) is 106 Å². The molecule has 1 fully saturated rings. The van der Waals surface area contributed by atoms with E-state index in [2.05, 4.69) is 20.6 Å². The summed E-state index contributed by atoms with van der Waals surface area (Å²) in [6.07, 6.45) is 2.59. The fourth-order valence-corrected chi connectivity index (χ4v) is 3.35. The largest absolute Gasteiger partial charge is 0.496 e. The van der Waals surface area contributed by atoms with Crippen LogP contribution in [0.4, 0.5) is 15.4 Å². The van der Waals surface area contributed by atoms with Gasteiger partial charge < -0.3 is 19.7 Å². The van der Waals surface area contributed by atoms with Crippen LogP contribution in [0, 0.1) is 0 Å². The molecular weight excluding hydrogens is 398 g/mol. The van der Waals surface area contributed by atoms with Gasteiger partial charge in [-0.3, -0.25) is 5.32 Å². The standard InChI is InChI=1S/C22H29N5O4/c1-22(2,3)31-21(29)27-11-7-8-15(13-27)25-20(28)26-19-12-17(23-14-24-19)16-9-5-6-10-18(16)30-4/h5-6,9-10,12,14-15H,7-8,11,13H2,1-4H3,(H2,23,24,25,26,28). The monoisotopic (exact) mass is 427 g/mol. The number of hydrogen-bond acceptors (Lipinski definition) is 6. The van der Waals surface area contributed by atoms with Crippen LogP contribution >= 0.6 is 0 Å². The van der Waals surface area contributed by atoms with Crippen molar-refractivity contribution in [1.82, 2.24) is 20.2 Å². The maximum atomic E-state index is 12.5. The molecule has 1 unspecified atom stereocenters. The molecule has 1 atom stereocenters. The highest BCUT2D eigenvalue weighted by Crippen LogP contribution is 2.28. The van der Waals surface area contributed by atoms with E-state index in [1.807, 2.05) is 45.0 Å². The van der Waals surface area contributed by atoms with Crippen LogP contribution in [0.5, 0.6) is 5.75 Å². The summed E-state index contributed by atoms with van der Waals surface area (Å²) in [5.74, 6) is 1.05. The molecule has 1 aliphatic heterocycles. The van der Waals surface area contributed by atoms with E-state index < -0.39 is 5.60 Å². The van der Waals surface area contributed by atoms with Gasteiger partial charge in [-0.15, -0.1) is 0 Å². The third kappa shape index (κ3) is 6.31. The lowest BCUT2D eigenvalue weighted by molar-refractivity contribution is 0.0191. The highest BCUT2D eigenvalue weighted by atomic mass is 16.6. The Kier molecular flexibility index (Phi) is 6.94. The summed E-state index contributed by atoms with van der Waals surface area (Å²) in [7, 11) is 1.59. The number of amides is 3. The fourth-order valence-electron chi connectivity index (χ4n) is 3.35. The lowest BCUT2D eigenvalue weighted by Crippen LogP contribution is -2.51. The van der Waals surface area contributed by atoms with Gasteiger partial charge in [0.15, 0.2) is 0 Å². The van der Waals surface area contributed by atoms with Crippen molar-refractivity contribution in [2.45, 2.75) is 45.3 Å². The van der Waals surface area contributed by atoms with Gasteiger partial charge in [0.05, 0.1) is 12.8 Å². The minimum Gasteiger partial charge on any atom is -0.496 e. The molecular formula is C22H29N5O4. The number of hydrogen-bond donors (Lipinski definition) is 2. The van der Waals surface area contributed by atoms with Crippen LogP contribution in [0.2, 0.25) is 0 Å². The highest BCUT2D eigenvalue weighted by Gasteiger charge is 2.28. The first-order valence-corrected chi connectivity index (χ1v) is 10.3. The van der Waals surface area contributed by atoms with E-state index in [-0.39, 0.29) is 18.2 Å². The number of benzene rings is 1. The molecule has 2 heterocycles. The maximum absolute atomic E-state index is 12.5. The Hall–Kier alpha value is -3.36. The van der Waals surface area contributed by atoms with Gasteiger partial charge in [-0.25, -0.2) is 19.6 Å². The molecule has 9 nitrogen and oxygen atoms in total. The molecule has 3 rings (SSSR count). The molecule has 0 bridgehead atoms. The molecule has 0 aliphatic carbocycles. The van der Waals surface area contributed by atoms with Crippen molar-refractivity contribution in [2.24, 2.45) is 0 Å². The minimum atomic E-state index is -0.555. The van der Waals surface area contributed by atoms with E-state index in [0.29, 0.717) is 30.4 Å².